The monoisotopic (exact) mass is 217 g/mol. The quantitative estimate of drug-likeness (QED) is 0.818. The van der Waals surface area contributed by atoms with E-state index in [1.165, 1.54) is 0 Å². The average Bonchev–Trinajstić information content (AvgIpc) is 2.91. The van der Waals surface area contributed by atoms with Gasteiger partial charge in [0.15, 0.2) is 0 Å². The van der Waals surface area contributed by atoms with Gasteiger partial charge in [0, 0.05) is 19.2 Å². The van der Waals surface area contributed by atoms with Crippen LogP contribution in [0.2, 0.25) is 0 Å². The molecule has 1 saturated carbocycles. The van der Waals surface area contributed by atoms with Gasteiger partial charge in [-0.15, -0.1) is 0 Å². The van der Waals surface area contributed by atoms with Crippen LogP contribution in [-0.4, -0.2) is 19.6 Å². The summed E-state index contributed by atoms with van der Waals surface area (Å²) in [5.74, 6) is 0.601. The smallest absolute Gasteiger partial charge is 0.251 e. The van der Waals surface area contributed by atoms with Gasteiger partial charge in [0.25, 0.3) is 5.91 Å². The first-order valence-corrected chi connectivity index (χ1v) is 5.73. The summed E-state index contributed by atoms with van der Waals surface area (Å²) in [4.78, 5) is 11.8. The summed E-state index contributed by atoms with van der Waals surface area (Å²) in [6, 6.07) is 7.78. The summed E-state index contributed by atoms with van der Waals surface area (Å²) in [5.41, 5.74) is 1.69. The molecule has 2 fully saturated rings. The maximum Gasteiger partial charge on any atom is 0.251 e. The molecule has 1 aliphatic heterocycles. The van der Waals surface area contributed by atoms with Gasteiger partial charge in [0.2, 0.25) is 0 Å². The summed E-state index contributed by atoms with van der Waals surface area (Å²) in [5, 5.41) is 2.69. The van der Waals surface area contributed by atoms with Crippen LogP contribution in [0.1, 0.15) is 28.8 Å². The van der Waals surface area contributed by atoms with E-state index in [2.05, 4.69) is 5.32 Å². The first-order chi connectivity index (χ1) is 7.78. The highest BCUT2D eigenvalue weighted by atomic mass is 16.5. The van der Waals surface area contributed by atoms with E-state index < -0.39 is 0 Å². The van der Waals surface area contributed by atoms with Gasteiger partial charge in [-0.05, 0) is 30.4 Å². The Hall–Kier alpha value is -1.35. The van der Waals surface area contributed by atoms with Crippen molar-refractivity contribution in [2.75, 3.05) is 13.7 Å². The molecule has 2 atom stereocenters. The molecule has 2 aliphatic rings. The molecule has 0 unspecified atom stereocenters. The van der Waals surface area contributed by atoms with Crippen LogP contribution in [-0.2, 0) is 10.3 Å². The lowest BCUT2D eigenvalue weighted by molar-refractivity contribution is 0.0624. The summed E-state index contributed by atoms with van der Waals surface area (Å²) in [6.45, 7) is 0.826. The summed E-state index contributed by atoms with van der Waals surface area (Å²) < 4.78 is 5.86. The Balaban J connectivity index is 2.04. The van der Waals surface area contributed by atoms with Crippen molar-refractivity contribution in [3.63, 3.8) is 0 Å². The van der Waals surface area contributed by atoms with Crippen LogP contribution in [0.15, 0.2) is 24.3 Å². The maximum absolute atomic E-state index is 11.8. The molecular formula is C13H15NO2. The van der Waals surface area contributed by atoms with Crippen LogP contribution in [0.25, 0.3) is 0 Å². The van der Waals surface area contributed by atoms with Gasteiger partial charge in [0.1, 0.15) is 0 Å². The van der Waals surface area contributed by atoms with Gasteiger partial charge >= 0.3 is 0 Å². The molecule has 16 heavy (non-hydrogen) atoms. The third-order valence-electron chi connectivity index (χ3n) is 3.73. The standard InChI is InChI=1S/C13H15NO2/c1-14-12(15)10-4-2-3-5-11(10)13-8-9(13)6-7-16-13/h2-5,9H,6-8H2,1H3,(H,14,15)/t9-,13-/m0/s1. The Bertz CT molecular complexity index is 443. The highest BCUT2D eigenvalue weighted by molar-refractivity contribution is 5.96. The number of amides is 1. The van der Waals surface area contributed by atoms with Crippen molar-refractivity contribution in [2.45, 2.75) is 18.4 Å². The number of carbonyl (C=O) groups is 1. The van der Waals surface area contributed by atoms with Gasteiger partial charge < -0.3 is 10.1 Å². The number of fused-ring (bicyclic) bond motifs is 1. The molecule has 0 spiro atoms. The molecule has 1 saturated heterocycles. The zero-order valence-corrected chi connectivity index (χ0v) is 9.32. The molecule has 1 amide bonds. The predicted octanol–water partition coefficient (Wildman–Crippen LogP) is 1.68. The molecule has 1 aliphatic carbocycles. The molecular weight excluding hydrogens is 202 g/mol. The second kappa shape index (κ2) is 3.32. The molecule has 0 radical (unpaired) electrons. The summed E-state index contributed by atoms with van der Waals surface area (Å²) >= 11 is 0. The van der Waals surface area contributed by atoms with Crippen LogP contribution >= 0.6 is 0 Å². The molecule has 0 aromatic heterocycles. The van der Waals surface area contributed by atoms with Crippen LogP contribution in [0.3, 0.4) is 0 Å². The molecule has 1 aromatic carbocycles. The summed E-state index contributed by atoms with van der Waals surface area (Å²) in [6.07, 6.45) is 2.20. The highest BCUT2D eigenvalue weighted by Gasteiger charge is 2.60. The Morgan fingerprint density at radius 1 is 1.50 bits per heavy atom. The fourth-order valence-electron chi connectivity index (χ4n) is 2.79. The van der Waals surface area contributed by atoms with Crippen LogP contribution in [0.5, 0.6) is 0 Å². The van der Waals surface area contributed by atoms with Gasteiger partial charge in [-0.25, -0.2) is 0 Å². The highest BCUT2D eigenvalue weighted by Crippen LogP contribution is 2.61. The van der Waals surface area contributed by atoms with E-state index in [-0.39, 0.29) is 11.5 Å². The van der Waals surface area contributed by atoms with Crippen molar-refractivity contribution >= 4 is 5.91 Å². The van der Waals surface area contributed by atoms with E-state index >= 15 is 0 Å². The molecule has 1 N–H and O–H groups in total. The number of hydrogen-bond donors (Lipinski definition) is 1. The number of ether oxygens (including phenoxy) is 1. The maximum atomic E-state index is 11.8. The SMILES string of the molecule is CNC(=O)c1ccccc1[C@]12C[C@@H]1CCO2. The second-order valence-electron chi connectivity index (χ2n) is 4.55. The number of benzene rings is 1. The topological polar surface area (TPSA) is 38.3 Å². The zero-order chi connectivity index (χ0) is 11.2. The van der Waals surface area contributed by atoms with E-state index in [1.807, 2.05) is 24.3 Å². The fraction of sp³-hybridized carbons (Fsp3) is 0.462. The minimum Gasteiger partial charge on any atom is -0.370 e. The average molecular weight is 217 g/mol. The largest absolute Gasteiger partial charge is 0.370 e. The van der Waals surface area contributed by atoms with Gasteiger partial charge in [0.05, 0.1) is 5.60 Å². The minimum atomic E-state index is -0.136. The normalized spacial score (nSPS) is 30.9. The van der Waals surface area contributed by atoms with Gasteiger partial charge in [-0.3, -0.25) is 4.79 Å². The molecule has 3 rings (SSSR count). The van der Waals surface area contributed by atoms with Crippen molar-refractivity contribution in [3.8, 4) is 0 Å². The fourth-order valence-corrected chi connectivity index (χ4v) is 2.79. The Morgan fingerprint density at radius 3 is 2.94 bits per heavy atom. The number of carbonyl (C=O) groups excluding carboxylic acids is 1. The number of nitrogens with one attached hydrogen (secondary N) is 1. The molecule has 84 valence electrons. The zero-order valence-electron chi connectivity index (χ0n) is 9.32. The van der Waals surface area contributed by atoms with Crippen molar-refractivity contribution in [1.82, 2.24) is 5.32 Å². The van der Waals surface area contributed by atoms with E-state index in [9.17, 15) is 4.79 Å². The van der Waals surface area contributed by atoms with Crippen molar-refractivity contribution < 1.29 is 9.53 Å². The van der Waals surface area contributed by atoms with E-state index in [0.29, 0.717) is 5.92 Å². The van der Waals surface area contributed by atoms with Crippen molar-refractivity contribution in [2.24, 2.45) is 5.92 Å². The van der Waals surface area contributed by atoms with Crippen LogP contribution < -0.4 is 5.32 Å². The predicted molar refractivity (Wildman–Crippen MR) is 60.2 cm³/mol. The minimum absolute atomic E-state index is 0.0221. The van der Waals surface area contributed by atoms with Crippen LogP contribution in [0, 0.1) is 5.92 Å². The van der Waals surface area contributed by atoms with Crippen molar-refractivity contribution in [1.29, 1.82) is 0 Å². The first kappa shape index (κ1) is 9.85. The summed E-state index contributed by atoms with van der Waals surface area (Å²) in [7, 11) is 1.66. The molecule has 3 nitrogen and oxygen atoms in total. The lowest BCUT2D eigenvalue weighted by Crippen LogP contribution is -2.23. The Kier molecular flexibility index (Phi) is 2.04. The van der Waals surface area contributed by atoms with E-state index in [0.717, 1.165) is 30.6 Å². The molecule has 1 aromatic rings. The van der Waals surface area contributed by atoms with Crippen LogP contribution in [0.4, 0.5) is 0 Å². The molecule has 1 heterocycles. The Morgan fingerprint density at radius 2 is 2.31 bits per heavy atom. The molecule has 3 heteroatoms. The Labute approximate surface area is 94.8 Å². The van der Waals surface area contributed by atoms with E-state index in [1.54, 1.807) is 7.05 Å². The third-order valence-corrected chi connectivity index (χ3v) is 3.73. The van der Waals surface area contributed by atoms with Gasteiger partial charge in [-0.1, -0.05) is 18.2 Å². The number of hydrogen-bond acceptors (Lipinski definition) is 2. The number of rotatable bonds is 2. The third kappa shape index (κ3) is 1.21. The first-order valence-electron chi connectivity index (χ1n) is 5.73. The second-order valence-corrected chi connectivity index (χ2v) is 4.55. The molecule has 0 bridgehead atoms. The van der Waals surface area contributed by atoms with E-state index in [4.69, 9.17) is 4.74 Å². The van der Waals surface area contributed by atoms with Crippen molar-refractivity contribution in [3.05, 3.63) is 35.4 Å². The lowest BCUT2D eigenvalue weighted by Gasteiger charge is -2.16. The lowest BCUT2D eigenvalue weighted by atomic mass is 9.98. The van der Waals surface area contributed by atoms with Gasteiger partial charge in [-0.2, -0.15) is 0 Å².